The van der Waals surface area contributed by atoms with E-state index < -0.39 is 0 Å². The summed E-state index contributed by atoms with van der Waals surface area (Å²) >= 11 is 0. The number of nitrogens with two attached hydrogens (primary N) is 1. The van der Waals surface area contributed by atoms with E-state index in [0.29, 0.717) is 17.2 Å². The molecule has 4 heteroatoms. The van der Waals surface area contributed by atoms with Gasteiger partial charge >= 0.3 is 0 Å². The monoisotopic (exact) mass is 271 g/mol. The van der Waals surface area contributed by atoms with E-state index in [1.807, 2.05) is 4.90 Å². The lowest BCUT2D eigenvalue weighted by atomic mass is 9.98. The van der Waals surface area contributed by atoms with Gasteiger partial charge in [0.25, 0.3) is 5.91 Å². The SMILES string of the molecule is CCC1CCCCN1C(=O)c1ccncc1C#CCN. The molecule has 1 aromatic rings. The van der Waals surface area contributed by atoms with Gasteiger partial charge in [-0.1, -0.05) is 18.8 Å². The Balaban J connectivity index is 2.28. The van der Waals surface area contributed by atoms with Crippen molar-refractivity contribution in [2.45, 2.75) is 38.6 Å². The lowest BCUT2D eigenvalue weighted by Crippen LogP contribution is -2.43. The first kappa shape index (κ1) is 14.5. The smallest absolute Gasteiger partial charge is 0.255 e. The maximum atomic E-state index is 12.8. The third kappa shape index (κ3) is 3.17. The molecule has 106 valence electrons. The Labute approximate surface area is 120 Å². The van der Waals surface area contributed by atoms with E-state index >= 15 is 0 Å². The molecule has 4 nitrogen and oxygen atoms in total. The molecule has 2 N–H and O–H groups in total. The molecule has 0 spiro atoms. The van der Waals surface area contributed by atoms with E-state index in [1.165, 1.54) is 6.42 Å². The summed E-state index contributed by atoms with van der Waals surface area (Å²) in [6.45, 7) is 3.26. The van der Waals surface area contributed by atoms with E-state index in [2.05, 4.69) is 23.7 Å². The van der Waals surface area contributed by atoms with Crippen LogP contribution in [0.1, 0.15) is 48.5 Å². The van der Waals surface area contributed by atoms with Gasteiger partial charge in [0.05, 0.1) is 17.7 Å². The Kier molecular flexibility index (Phi) is 5.14. The minimum absolute atomic E-state index is 0.0697. The Morgan fingerprint density at radius 3 is 3.15 bits per heavy atom. The fraction of sp³-hybridized carbons (Fsp3) is 0.500. The third-order valence-electron chi connectivity index (χ3n) is 3.74. The Hall–Kier alpha value is -1.86. The van der Waals surface area contributed by atoms with E-state index in [1.54, 1.807) is 18.5 Å². The van der Waals surface area contributed by atoms with E-state index in [0.717, 1.165) is 25.8 Å². The molecule has 1 atom stereocenters. The van der Waals surface area contributed by atoms with Gasteiger partial charge in [-0.05, 0) is 31.7 Å². The quantitative estimate of drug-likeness (QED) is 0.834. The first-order valence-electron chi connectivity index (χ1n) is 7.21. The number of hydrogen-bond acceptors (Lipinski definition) is 3. The van der Waals surface area contributed by atoms with E-state index in [9.17, 15) is 4.79 Å². The summed E-state index contributed by atoms with van der Waals surface area (Å²) in [6, 6.07) is 2.10. The van der Waals surface area contributed by atoms with Crippen molar-refractivity contribution in [1.29, 1.82) is 0 Å². The second-order valence-electron chi connectivity index (χ2n) is 4.98. The number of nitrogens with zero attached hydrogens (tertiary/aromatic N) is 2. The third-order valence-corrected chi connectivity index (χ3v) is 3.74. The van der Waals surface area contributed by atoms with Gasteiger partial charge in [-0.25, -0.2) is 0 Å². The van der Waals surface area contributed by atoms with Crippen molar-refractivity contribution in [3.05, 3.63) is 29.6 Å². The molecule has 2 heterocycles. The van der Waals surface area contributed by atoms with Gasteiger partial charge in [-0.3, -0.25) is 9.78 Å². The van der Waals surface area contributed by atoms with Crippen molar-refractivity contribution in [2.24, 2.45) is 5.73 Å². The van der Waals surface area contributed by atoms with Crippen LogP contribution in [0.15, 0.2) is 18.5 Å². The first-order valence-corrected chi connectivity index (χ1v) is 7.21. The number of hydrogen-bond donors (Lipinski definition) is 1. The highest BCUT2D eigenvalue weighted by Gasteiger charge is 2.27. The van der Waals surface area contributed by atoms with Crippen molar-refractivity contribution < 1.29 is 4.79 Å². The van der Waals surface area contributed by atoms with Gasteiger partial charge in [0.15, 0.2) is 0 Å². The van der Waals surface area contributed by atoms with Gasteiger partial charge in [-0.15, -0.1) is 0 Å². The lowest BCUT2D eigenvalue weighted by molar-refractivity contribution is 0.0607. The maximum Gasteiger partial charge on any atom is 0.255 e. The summed E-state index contributed by atoms with van der Waals surface area (Å²) in [5, 5.41) is 0. The maximum absolute atomic E-state index is 12.8. The second kappa shape index (κ2) is 7.06. The van der Waals surface area contributed by atoms with Crippen LogP contribution >= 0.6 is 0 Å². The molecule has 1 aliphatic rings. The van der Waals surface area contributed by atoms with Crippen LogP contribution in [0.2, 0.25) is 0 Å². The molecule has 2 rings (SSSR count). The molecule has 20 heavy (non-hydrogen) atoms. The molecule has 1 saturated heterocycles. The van der Waals surface area contributed by atoms with Crippen LogP contribution < -0.4 is 5.73 Å². The summed E-state index contributed by atoms with van der Waals surface area (Å²) < 4.78 is 0. The van der Waals surface area contributed by atoms with Gasteiger partial charge in [0.2, 0.25) is 0 Å². The zero-order chi connectivity index (χ0) is 14.4. The molecule has 0 aromatic carbocycles. The Bertz CT molecular complexity index is 530. The number of likely N-dealkylation sites (tertiary alicyclic amines) is 1. The number of rotatable bonds is 2. The van der Waals surface area contributed by atoms with Crippen molar-refractivity contribution in [3.63, 3.8) is 0 Å². The molecule has 1 unspecified atom stereocenters. The average molecular weight is 271 g/mol. The molecular weight excluding hydrogens is 250 g/mol. The fourth-order valence-electron chi connectivity index (χ4n) is 2.67. The van der Waals surface area contributed by atoms with Crippen LogP contribution in [0, 0.1) is 11.8 Å². The highest BCUT2D eigenvalue weighted by Crippen LogP contribution is 2.22. The lowest BCUT2D eigenvalue weighted by Gasteiger charge is -2.35. The fourth-order valence-corrected chi connectivity index (χ4v) is 2.67. The largest absolute Gasteiger partial charge is 0.336 e. The molecule has 0 aliphatic carbocycles. The Morgan fingerprint density at radius 2 is 2.40 bits per heavy atom. The zero-order valence-electron chi connectivity index (χ0n) is 11.9. The molecule has 0 radical (unpaired) electrons. The standard InChI is InChI=1S/C16H21N3O/c1-2-14-7-3-4-11-19(14)16(20)15-8-10-18-12-13(15)6-5-9-17/h8,10,12,14H,2-4,7,9,11,17H2,1H3. The number of pyridine rings is 1. The van der Waals surface area contributed by atoms with Crippen LogP contribution in [0.5, 0.6) is 0 Å². The van der Waals surface area contributed by atoms with Crippen LogP contribution in [0.4, 0.5) is 0 Å². The highest BCUT2D eigenvalue weighted by molar-refractivity contribution is 5.96. The summed E-state index contributed by atoms with van der Waals surface area (Å²) in [7, 11) is 0. The summed E-state index contributed by atoms with van der Waals surface area (Å²) in [4.78, 5) is 18.8. The van der Waals surface area contributed by atoms with Gasteiger partial charge in [0, 0.05) is 25.0 Å². The van der Waals surface area contributed by atoms with E-state index in [-0.39, 0.29) is 12.5 Å². The summed E-state index contributed by atoms with van der Waals surface area (Å²) in [6.07, 6.45) is 7.67. The van der Waals surface area contributed by atoms with Crippen molar-refractivity contribution >= 4 is 5.91 Å². The van der Waals surface area contributed by atoms with Crippen molar-refractivity contribution in [1.82, 2.24) is 9.88 Å². The number of piperidine rings is 1. The number of carbonyl (C=O) groups excluding carboxylic acids is 1. The minimum atomic E-state index is 0.0697. The van der Waals surface area contributed by atoms with Gasteiger partial charge < -0.3 is 10.6 Å². The van der Waals surface area contributed by atoms with Crippen LogP contribution in [-0.2, 0) is 0 Å². The molecule has 1 amide bonds. The van der Waals surface area contributed by atoms with Crippen LogP contribution in [-0.4, -0.2) is 34.9 Å². The summed E-state index contributed by atoms with van der Waals surface area (Å²) in [5.41, 5.74) is 6.71. The van der Waals surface area contributed by atoms with Crippen molar-refractivity contribution in [2.75, 3.05) is 13.1 Å². The predicted octanol–water partition coefficient (Wildman–Crippen LogP) is 1.80. The molecular formula is C16H21N3O. The van der Waals surface area contributed by atoms with Gasteiger partial charge in [-0.2, -0.15) is 0 Å². The Morgan fingerprint density at radius 1 is 1.55 bits per heavy atom. The second-order valence-corrected chi connectivity index (χ2v) is 4.98. The van der Waals surface area contributed by atoms with Gasteiger partial charge in [0.1, 0.15) is 0 Å². The average Bonchev–Trinajstić information content (AvgIpc) is 2.52. The van der Waals surface area contributed by atoms with Crippen LogP contribution in [0.25, 0.3) is 0 Å². The normalized spacial score (nSPS) is 18.3. The zero-order valence-corrected chi connectivity index (χ0v) is 11.9. The van der Waals surface area contributed by atoms with Crippen molar-refractivity contribution in [3.8, 4) is 11.8 Å². The molecule has 1 aliphatic heterocycles. The molecule has 1 fully saturated rings. The molecule has 0 saturated carbocycles. The molecule has 1 aromatic heterocycles. The first-order chi connectivity index (χ1) is 9.77. The highest BCUT2D eigenvalue weighted by atomic mass is 16.2. The summed E-state index contributed by atoms with van der Waals surface area (Å²) in [5.74, 6) is 5.81. The predicted molar refractivity (Wildman–Crippen MR) is 79.1 cm³/mol. The van der Waals surface area contributed by atoms with Crippen LogP contribution in [0.3, 0.4) is 0 Å². The van der Waals surface area contributed by atoms with E-state index in [4.69, 9.17) is 5.73 Å². The number of carbonyl (C=O) groups is 1. The topological polar surface area (TPSA) is 59.2 Å². The molecule has 0 bridgehead atoms. The number of amides is 1. The minimum Gasteiger partial charge on any atom is -0.336 e. The number of aromatic nitrogens is 1.